The number of hydrogen-bond donors (Lipinski definition) is 0. The Balaban J connectivity index is 1.74. The Kier molecular flexibility index (Phi) is 3.43. The summed E-state index contributed by atoms with van der Waals surface area (Å²) in [6.45, 7) is 9.06. The first kappa shape index (κ1) is 14.7. The molecule has 21 heavy (non-hydrogen) atoms. The van der Waals surface area contributed by atoms with Gasteiger partial charge in [-0.1, -0.05) is 18.4 Å². The van der Waals surface area contributed by atoms with Gasteiger partial charge in [0.15, 0.2) is 5.60 Å². The van der Waals surface area contributed by atoms with Crippen molar-refractivity contribution in [3.05, 3.63) is 12.2 Å². The van der Waals surface area contributed by atoms with Gasteiger partial charge in [0.1, 0.15) is 0 Å². The van der Waals surface area contributed by atoms with Gasteiger partial charge in [-0.25, -0.2) is 4.79 Å². The minimum absolute atomic E-state index is 0.210. The molecule has 0 unspecified atom stereocenters. The molecule has 0 N–H and O–H groups in total. The van der Waals surface area contributed by atoms with E-state index in [4.69, 9.17) is 4.74 Å². The molecule has 0 spiro atoms. The fourth-order valence-electron chi connectivity index (χ4n) is 4.89. The van der Waals surface area contributed by atoms with Gasteiger partial charge >= 0.3 is 5.97 Å². The SMILES string of the molecule is C=C(C)C(=O)OC(C)(C)C#CC12CC3CC(CC(C3)C1)C2. The average Bonchev–Trinajstić information content (AvgIpc) is 2.34. The van der Waals surface area contributed by atoms with E-state index in [-0.39, 0.29) is 11.4 Å². The van der Waals surface area contributed by atoms with Crippen molar-refractivity contribution in [2.24, 2.45) is 23.2 Å². The zero-order valence-electron chi connectivity index (χ0n) is 13.5. The Morgan fingerprint density at radius 2 is 1.62 bits per heavy atom. The molecule has 4 aliphatic carbocycles. The van der Waals surface area contributed by atoms with Crippen molar-refractivity contribution in [2.45, 2.75) is 64.9 Å². The van der Waals surface area contributed by atoms with Crippen LogP contribution in [-0.4, -0.2) is 11.6 Å². The summed E-state index contributed by atoms with van der Waals surface area (Å²) in [4.78, 5) is 11.7. The van der Waals surface area contributed by atoms with E-state index in [1.807, 2.05) is 13.8 Å². The minimum Gasteiger partial charge on any atom is -0.443 e. The van der Waals surface area contributed by atoms with Crippen molar-refractivity contribution in [1.82, 2.24) is 0 Å². The van der Waals surface area contributed by atoms with E-state index in [0.29, 0.717) is 5.57 Å². The second-order valence-electron chi connectivity index (χ2n) is 8.13. The summed E-state index contributed by atoms with van der Waals surface area (Å²) in [5.74, 6) is 9.16. The van der Waals surface area contributed by atoms with Crippen LogP contribution in [0.1, 0.15) is 59.3 Å². The highest BCUT2D eigenvalue weighted by Gasteiger charge is 2.50. The molecule has 0 aromatic rings. The molecule has 0 amide bonds. The Morgan fingerprint density at radius 3 is 2.05 bits per heavy atom. The second kappa shape index (κ2) is 4.90. The molecule has 2 nitrogen and oxygen atoms in total. The molecule has 0 aromatic heterocycles. The molecule has 4 aliphatic rings. The summed E-state index contributed by atoms with van der Waals surface area (Å²) in [5.41, 5.74) is -0.0826. The predicted molar refractivity (Wildman–Crippen MR) is 83.4 cm³/mol. The molecule has 2 heteroatoms. The monoisotopic (exact) mass is 286 g/mol. The third-order valence-electron chi connectivity index (χ3n) is 5.36. The number of rotatable bonds is 2. The van der Waals surface area contributed by atoms with Crippen LogP contribution in [0.15, 0.2) is 12.2 Å². The highest BCUT2D eigenvalue weighted by molar-refractivity contribution is 5.87. The van der Waals surface area contributed by atoms with Crippen LogP contribution in [0, 0.1) is 35.0 Å². The van der Waals surface area contributed by atoms with Crippen molar-refractivity contribution >= 4 is 5.97 Å². The summed E-state index contributed by atoms with van der Waals surface area (Å²) in [6.07, 6.45) is 8.06. The maximum absolute atomic E-state index is 11.7. The zero-order chi connectivity index (χ0) is 15.3. The third kappa shape index (κ3) is 3.03. The Hall–Kier alpha value is -1.23. The number of hydrogen-bond acceptors (Lipinski definition) is 2. The fraction of sp³-hybridized carbons (Fsp3) is 0.737. The summed E-state index contributed by atoms with van der Waals surface area (Å²) < 4.78 is 5.45. The lowest BCUT2D eigenvalue weighted by Crippen LogP contribution is -2.45. The molecular weight excluding hydrogens is 260 g/mol. The van der Waals surface area contributed by atoms with E-state index < -0.39 is 5.60 Å². The maximum atomic E-state index is 11.7. The lowest BCUT2D eigenvalue weighted by atomic mass is 9.50. The van der Waals surface area contributed by atoms with E-state index in [0.717, 1.165) is 17.8 Å². The van der Waals surface area contributed by atoms with E-state index in [1.165, 1.54) is 38.5 Å². The first-order chi connectivity index (χ1) is 9.77. The van der Waals surface area contributed by atoms with Gasteiger partial charge in [0, 0.05) is 11.0 Å². The highest BCUT2D eigenvalue weighted by Crippen LogP contribution is 2.59. The molecule has 4 saturated carbocycles. The second-order valence-corrected chi connectivity index (χ2v) is 8.13. The molecule has 4 bridgehead atoms. The summed E-state index contributed by atoms with van der Waals surface area (Å²) >= 11 is 0. The van der Waals surface area contributed by atoms with Crippen molar-refractivity contribution in [1.29, 1.82) is 0 Å². The number of ether oxygens (including phenoxy) is 1. The quantitative estimate of drug-likeness (QED) is 0.434. The molecule has 4 fully saturated rings. The van der Waals surface area contributed by atoms with Gasteiger partial charge < -0.3 is 4.74 Å². The number of carbonyl (C=O) groups excluding carboxylic acids is 1. The van der Waals surface area contributed by atoms with Crippen LogP contribution in [0.3, 0.4) is 0 Å². The van der Waals surface area contributed by atoms with Gasteiger partial charge in [-0.15, -0.1) is 0 Å². The molecule has 0 aliphatic heterocycles. The average molecular weight is 286 g/mol. The highest BCUT2D eigenvalue weighted by atomic mass is 16.6. The molecule has 4 rings (SSSR count). The van der Waals surface area contributed by atoms with Gasteiger partial charge in [-0.2, -0.15) is 0 Å². The van der Waals surface area contributed by atoms with Gasteiger partial charge in [-0.05, 0) is 77.0 Å². The first-order valence-electron chi connectivity index (χ1n) is 8.20. The van der Waals surface area contributed by atoms with Crippen LogP contribution in [0.25, 0.3) is 0 Å². The van der Waals surface area contributed by atoms with Crippen molar-refractivity contribution in [3.8, 4) is 11.8 Å². The molecule has 114 valence electrons. The molecule has 0 radical (unpaired) electrons. The summed E-state index contributed by atoms with van der Waals surface area (Å²) in [6, 6.07) is 0. The van der Waals surface area contributed by atoms with Crippen LogP contribution in [-0.2, 0) is 9.53 Å². The summed E-state index contributed by atoms with van der Waals surface area (Å²) in [5, 5.41) is 0. The van der Waals surface area contributed by atoms with Crippen LogP contribution in [0.5, 0.6) is 0 Å². The molecule has 0 atom stereocenters. The van der Waals surface area contributed by atoms with E-state index in [1.54, 1.807) is 6.92 Å². The van der Waals surface area contributed by atoms with Gasteiger partial charge in [0.25, 0.3) is 0 Å². The van der Waals surface area contributed by atoms with Crippen LogP contribution in [0.4, 0.5) is 0 Å². The van der Waals surface area contributed by atoms with Crippen molar-refractivity contribution in [3.63, 3.8) is 0 Å². The van der Waals surface area contributed by atoms with Crippen LogP contribution in [0.2, 0.25) is 0 Å². The third-order valence-corrected chi connectivity index (χ3v) is 5.36. The lowest BCUT2D eigenvalue weighted by Gasteiger charge is -2.54. The predicted octanol–water partition coefficient (Wildman–Crippen LogP) is 4.10. The van der Waals surface area contributed by atoms with E-state index >= 15 is 0 Å². The van der Waals surface area contributed by atoms with E-state index in [9.17, 15) is 4.79 Å². The standard InChI is InChI=1S/C19H26O2/c1-13(2)17(20)21-18(3,4)5-6-19-10-14-7-15(11-19)9-16(8-14)12-19/h14-16H,1,7-12H2,2-4H3. The zero-order valence-corrected chi connectivity index (χ0v) is 13.5. The van der Waals surface area contributed by atoms with Gasteiger partial charge in [-0.3, -0.25) is 0 Å². The molecule has 0 heterocycles. The molecule has 0 aromatic carbocycles. The Labute approximate surface area is 128 Å². The topological polar surface area (TPSA) is 26.3 Å². The normalized spacial score (nSPS) is 36.8. The minimum atomic E-state index is -0.723. The fourth-order valence-corrected chi connectivity index (χ4v) is 4.89. The lowest BCUT2D eigenvalue weighted by molar-refractivity contribution is -0.146. The molecule has 0 saturated heterocycles. The largest absolute Gasteiger partial charge is 0.443 e. The van der Waals surface area contributed by atoms with Crippen molar-refractivity contribution < 1.29 is 9.53 Å². The summed E-state index contributed by atoms with van der Waals surface area (Å²) in [7, 11) is 0. The number of carbonyl (C=O) groups is 1. The van der Waals surface area contributed by atoms with Gasteiger partial charge in [0.2, 0.25) is 0 Å². The smallest absolute Gasteiger partial charge is 0.334 e. The first-order valence-corrected chi connectivity index (χ1v) is 8.20. The van der Waals surface area contributed by atoms with Crippen LogP contribution < -0.4 is 0 Å². The van der Waals surface area contributed by atoms with E-state index in [2.05, 4.69) is 18.4 Å². The Bertz CT molecular complexity index is 494. The maximum Gasteiger partial charge on any atom is 0.334 e. The Morgan fingerprint density at radius 1 is 1.14 bits per heavy atom. The number of esters is 1. The van der Waals surface area contributed by atoms with Gasteiger partial charge in [0.05, 0.1) is 0 Å². The van der Waals surface area contributed by atoms with Crippen LogP contribution >= 0.6 is 0 Å². The van der Waals surface area contributed by atoms with Crippen molar-refractivity contribution in [2.75, 3.05) is 0 Å². The molecular formula is C19H26O2.